The molecule has 0 aromatic heterocycles. The highest BCUT2D eigenvalue weighted by atomic mass is 35.5. The minimum atomic E-state index is 0.778. The molecule has 3 heteroatoms. The number of halogens is 1. The molecule has 1 aliphatic rings. The molecule has 7 heavy (non-hydrogen) atoms. The van der Waals surface area contributed by atoms with Gasteiger partial charge in [0.2, 0.25) is 0 Å². The molecule has 0 aromatic rings. The Balaban J connectivity index is 0.000000162. The fourth-order valence-electron chi connectivity index (χ4n) is 0.264. The Kier molecular flexibility index (Phi) is 5.56. The molecule has 0 N–H and O–H groups in total. The standard InChI is InChI=1S/C3H5NO.CH3Cl/c1-2-5-3-4-1;1-2/h3H,1-2H2;1H3. The lowest BCUT2D eigenvalue weighted by atomic mass is 10.8. The van der Waals surface area contributed by atoms with Gasteiger partial charge in [-0.2, -0.15) is 0 Å². The fraction of sp³-hybridized carbons (Fsp3) is 0.750. The first kappa shape index (κ1) is 6.76. The molecule has 0 radical (unpaired) electrons. The van der Waals surface area contributed by atoms with E-state index >= 15 is 0 Å². The Hall–Kier alpha value is -0.240. The molecule has 0 saturated carbocycles. The zero-order valence-electron chi connectivity index (χ0n) is 4.22. The van der Waals surface area contributed by atoms with E-state index in [4.69, 9.17) is 0 Å². The SMILES string of the molecule is C1=NCCO1.CCl. The van der Waals surface area contributed by atoms with Crippen LogP contribution in [0.2, 0.25) is 0 Å². The lowest BCUT2D eigenvalue weighted by Gasteiger charge is -1.76. The number of ether oxygens (including phenoxy) is 1. The largest absolute Gasteiger partial charge is 0.482 e. The van der Waals surface area contributed by atoms with Crippen LogP contribution in [0.15, 0.2) is 4.99 Å². The highest BCUT2D eigenvalue weighted by Gasteiger charge is 1.84. The molecule has 0 aliphatic carbocycles. The number of rotatable bonds is 0. The van der Waals surface area contributed by atoms with Crippen molar-refractivity contribution in [3.8, 4) is 0 Å². The molecule has 0 atom stereocenters. The lowest BCUT2D eigenvalue weighted by Crippen LogP contribution is -1.80. The van der Waals surface area contributed by atoms with Crippen molar-refractivity contribution in [3.05, 3.63) is 0 Å². The molecule has 0 saturated heterocycles. The van der Waals surface area contributed by atoms with Crippen LogP contribution in [0.1, 0.15) is 0 Å². The van der Waals surface area contributed by atoms with Crippen molar-refractivity contribution >= 4 is 18.0 Å². The maximum absolute atomic E-state index is 4.65. The van der Waals surface area contributed by atoms with Gasteiger partial charge in [-0.25, -0.2) is 0 Å². The summed E-state index contributed by atoms with van der Waals surface area (Å²) in [5.74, 6) is 0. The van der Waals surface area contributed by atoms with Gasteiger partial charge < -0.3 is 4.74 Å². The van der Waals surface area contributed by atoms with E-state index < -0.39 is 0 Å². The molecule has 0 unspecified atom stereocenters. The number of hydrogen-bond acceptors (Lipinski definition) is 2. The Morgan fingerprint density at radius 1 is 1.71 bits per heavy atom. The average Bonchev–Trinajstić information content (AvgIpc) is 2.23. The predicted octanol–water partition coefficient (Wildman–Crippen LogP) is 0.900. The maximum Gasteiger partial charge on any atom is 0.169 e. The molecule has 0 bridgehead atoms. The van der Waals surface area contributed by atoms with Gasteiger partial charge in [0.1, 0.15) is 6.61 Å². The first-order valence-electron chi connectivity index (χ1n) is 1.98. The summed E-state index contributed by atoms with van der Waals surface area (Å²) in [7, 11) is 0. The van der Waals surface area contributed by atoms with Gasteiger partial charge in [0.05, 0.1) is 6.54 Å². The molecular formula is C4H8ClNO. The van der Waals surface area contributed by atoms with Crippen molar-refractivity contribution in [1.29, 1.82) is 0 Å². The quantitative estimate of drug-likeness (QED) is 0.437. The summed E-state index contributed by atoms with van der Waals surface area (Å²) in [6.07, 6.45) is 2.96. The topological polar surface area (TPSA) is 21.6 Å². The molecule has 2 nitrogen and oxygen atoms in total. The van der Waals surface area contributed by atoms with E-state index in [2.05, 4.69) is 21.3 Å². The highest BCUT2D eigenvalue weighted by molar-refractivity contribution is 6.15. The van der Waals surface area contributed by atoms with Crippen LogP contribution in [0.5, 0.6) is 0 Å². The van der Waals surface area contributed by atoms with Gasteiger partial charge >= 0.3 is 0 Å². The van der Waals surface area contributed by atoms with Gasteiger partial charge in [-0.3, -0.25) is 4.99 Å². The second-order valence-corrected chi connectivity index (χ2v) is 0.882. The van der Waals surface area contributed by atoms with Crippen LogP contribution >= 0.6 is 11.6 Å². The van der Waals surface area contributed by atoms with Gasteiger partial charge in [0.15, 0.2) is 6.40 Å². The summed E-state index contributed by atoms with van der Waals surface area (Å²) in [4.78, 5) is 3.74. The summed E-state index contributed by atoms with van der Waals surface area (Å²) in [6, 6.07) is 0. The number of aliphatic imine (C=N–C) groups is 1. The monoisotopic (exact) mass is 121 g/mol. The Bertz CT molecular complexity index is 49.7. The van der Waals surface area contributed by atoms with Gasteiger partial charge in [0, 0.05) is 6.38 Å². The zero-order chi connectivity index (χ0) is 5.54. The third kappa shape index (κ3) is 3.59. The fourth-order valence-corrected chi connectivity index (χ4v) is 0.264. The van der Waals surface area contributed by atoms with Crippen molar-refractivity contribution in [2.75, 3.05) is 19.5 Å². The highest BCUT2D eigenvalue weighted by Crippen LogP contribution is 1.78. The smallest absolute Gasteiger partial charge is 0.169 e. The van der Waals surface area contributed by atoms with Crippen molar-refractivity contribution in [1.82, 2.24) is 0 Å². The van der Waals surface area contributed by atoms with Gasteiger partial charge in [-0.1, -0.05) is 0 Å². The summed E-state index contributed by atoms with van der Waals surface area (Å²) < 4.78 is 4.65. The van der Waals surface area contributed by atoms with Gasteiger partial charge in [0.25, 0.3) is 0 Å². The van der Waals surface area contributed by atoms with E-state index in [1.807, 2.05) is 0 Å². The van der Waals surface area contributed by atoms with Gasteiger partial charge in [-0.15, -0.1) is 11.6 Å². The predicted molar refractivity (Wildman–Crippen MR) is 31.1 cm³/mol. The molecule has 0 spiro atoms. The molecule has 1 rings (SSSR count). The van der Waals surface area contributed by atoms with Crippen LogP contribution in [-0.2, 0) is 4.74 Å². The Morgan fingerprint density at radius 2 is 2.43 bits per heavy atom. The molecule has 0 amide bonds. The van der Waals surface area contributed by atoms with Crippen LogP contribution in [0.3, 0.4) is 0 Å². The normalized spacial score (nSPS) is 14.6. The second-order valence-electron chi connectivity index (χ2n) is 0.882. The van der Waals surface area contributed by atoms with Crippen molar-refractivity contribution in [2.24, 2.45) is 4.99 Å². The average molecular weight is 122 g/mol. The number of hydrogen-bond donors (Lipinski definition) is 0. The Labute approximate surface area is 48.1 Å². The van der Waals surface area contributed by atoms with Crippen molar-refractivity contribution in [3.63, 3.8) is 0 Å². The van der Waals surface area contributed by atoms with Crippen LogP contribution in [0.4, 0.5) is 0 Å². The number of nitrogens with zero attached hydrogens (tertiary/aromatic N) is 1. The van der Waals surface area contributed by atoms with Crippen LogP contribution in [0.25, 0.3) is 0 Å². The van der Waals surface area contributed by atoms with Crippen molar-refractivity contribution in [2.45, 2.75) is 0 Å². The van der Waals surface area contributed by atoms with Crippen LogP contribution < -0.4 is 0 Å². The minimum Gasteiger partial charge on any atom is -0.482 e. The zero-order valence-corrected chi connectivity index (χ0v) is 4.98. The molecule has 42 valence electrons. The first-order valence-corrected chi connectivity index (χ1v) is 2.73. The van der Waals surface area contributed by atoms with Crippen molar-refractivity contribution < 1.29 is 4.74 Å². The Morgan fingerprint density at radius 3 is 2.57 bits per heavy atom. The summed E-state index contributed by atoms with van der Waals surface area (Å²) in [5, 5.41) is 0. The van der Waals surface area contributed by atoms with E-state index in [-0.39, 0.29) is 0 Å². The number of alkyl halides is 1. The van der Waals surface area contributed by atoms with E-state index in [1.165, 1.54) is 12.8 Å². The van der Waals surface area contributed by atoms with E-state index in [9.17, 15) is 0 Å². The summed E-state index contributed by atoms with van der Waals surface area (Å²) in [6.45, 7) is 1.62. The molecule has 1 aliphatic heterocycles. The van der Waals surface area contributed by atoms with Gasteiger partial charge in [-0.05, 0) is 0 Å². The third-order valence-electron chi connectivity index (χ3n) is 0.487. The molecule has 1 heterocycles. The lowest BCUT2D eigenvalue weighted by molar-refractivity contribution is 0.361. The summed E-state index contributed by atoms with van der Waals surface area (Å²) in [5.41, 5.74) is 0. The van der Waals surface area contributed by atoms with Crippen LogP contribution in [-0.4, -0.2) is 25.9 Å². The van der Waals surface area contributed by atoms with E-state index in [0.29, 0.717) is 0 Å². The maximum atomic E-state index is 4.65. The third-order valence-corrected chi connectivity index (χ3v) is 0.487. The van der Waals surface area contributed by atoms with E-state index in [0.717, 1.165) is 13.2 Å². The van der Waals surface area contributed by atoms with Crippen LogP contribution in [0, 0.1) is 0 Å². The molecule has 0 fully saturated rings. The molecule has 0 aromatic carbocycles. The molecular weight excluding hydrogens is 114 g/mol. The summed E-state index contributed by atoms with van der Waals surface area (Å²) >= 11 is 4.64. The second kappa shape index (κ2) is 5.76. The minimum absolute atomic E-state index is 0.778. The van der Waals surface area contributed by atoms with E-state index in [1.54, 1.807) is 0 Å². The first-order chi connectivity index (χ1) is 3.50.